The van der Waals surface area contributed by atoms with E-state index in [1.807, 2.05) is 72.8 Å². The molecule has 0 atom stereocenters. The second-order valence-corrected chi connectivity index (χ2v) is 12.6. The Balaban J connectivity index is 1.19. The van der Waals surface area contributed by atoms with Crippen LogP contribution in [-0.2, 0) is 5.41 Å². The molecule has 0 unspecified atom stereocenters. The summed E-state index contributed by atoms with van der Waals surface area (Å²) in [6.45, 7) is 0. The summed E-state index contributed by atoms with van der Waals surface area (Å²) in [6.07, 6.45) is -20.4. The van der Waals surface area contributed by atoms with Crippen LogP contribution in [-0.4, -0.2) is 15.0 Å². The van der Waals surface area contributed by atoms with Crippen molar-refractivity contribution >= 4 is 0 Å². The molecule has 8 aromatic rings. The molecular weight excluding hydrogens is 655 g/mol. The van der Waals surface area contributed by atoms with E-state index >= 15 is 0 Å². The van der Waals surface area contributed by atoms with Crippen molar-refractivity contribution < 1.29 is 28.8 Å². The third-order valence-corrected chi connectivity index (χ3v) is 9.30. The van der Waals surface area contributed by atoms with Crippen molar-refractivity contribution in [3.63, 3.8) is 0 Å². The molecule has 54 heavy (non-hydrogen) atoms. The molecule has 0 radical (unpaired) electrons. The van der Waals surface area contributed by atoms with Crippen LogP contribution in [0.25, 0.3) is 78.7 Å². The fourth-order valence-electron chi connectivity index (χ4n) is 6.71. The minimum atomic E-state index is -4.10. The van der Waals surface area contributed by atoms with E-state index in [0.717, 1.165) is 11.1 Å². The van der Waals surface area contributed by atoms with E-state index in [9.17, 15) is 12.3 Å². The summed E-state index contributed by atoms with van der Waals surface area (Å²) in [5, 5.41) is 0. The Morgan fingerprint density at radius 2 is 0.907 bits per heavy atom. The van der Waals surface area contributed by atoms with E-state index in [2.05, 4.69) is 0 Å². The fourth-order valence-corrected chi connectivity index (χ4v) is 6.71. The van der Waals surface area contributed by atoms with Gasteiger partial charge < -0.3 is 0 Å². The zero-order chi connectivity index (χ0) is 54.4. The zero-order valence-electron chi connectivity index (χ0n) is 49.2. The number of fused-ring (bicyclic) bond motifs is 5. The molecule has 2 aliphatic carbocycles. The molecule has 0 saturated heterocycles. The van der Waals surface area contributed by atoms with Crippen LogP contribution in [0.2, 0.25) is 0 Å². The number of benzene rings is 7. The Morgan fingerprint density at radius 3 is 1.57 bits per heavy atom. The first-order valence-electron chi connectivity index (χ1n) is 27.6. The molecule has 1 aromatic heterocycles. The molecule has 0 amide bonds. The van der Waals surface area contributed by atoms with Gasteiger partial charge in [-0.2, -0.15) is 0 Å². The van der Waals surface area contributed by atoms with Gasteiger partial charge in [-0.1, -0.05) is 171 Å². The summed E-state index contributed by atoms with van der Waals surface area (Å²) in [5.41, 5.74) is -6.34. The van der Waals surface area contributed by atoms with Crippen LogP contribution >= 0.6 is 0 Å². The largest absolute Gasteiger partial charge is 0.208 e. The molecule has 258 valence electrons. The summed E-state index contributed by atoms with van der Waals surface area (Å²) in [6, 6.07) is 21.5. The van der Waals surface area contributed by atoms with Gasteiger partial charge in [-0.15, -0.1) is 0 Å². The van der Waals surface area contributed by atoms with Crippen molar-refractivity contribution in [3.05, 3.63) is 187 Å². The Bertz CT molecular complexity index is 3650. The Labute approximate surface area is 346 Å². The number of rotatable bonds is 6. The minimum absolute atomic E-state index is 0.127. The summed E-state index contributed by atoms with van der Waals surface area (Å²) < 4.78 is 192. The van der Waals surface area contributed by atoms with Crippen LogP contribution in [0.1, 0.15) is 71.8 Å². The van der Waals surface area contributed by atoms with E-state index in [-0.39, 0.29) is 11.1 Å². The third kappa shape index (κ3) is 5.74. The maximum Gasteiger partial charge on any atom is 0.164 e. The normalized spacial score (nSPS) is 24.3. The first kappa shape index (κ1) is 17.1. The molecular formula is C51H39N3. The molecule has 1 heterocycles. The van der Waals surface area contributed by atoms with Crippen LogP contribution < -0.4 is 0 Å². The summed E-state index contributed by atoms with van der Waals surface area (Å²) in [4.78, 5) is 14.4. The topological polar surface area (TPSA) is 38.7 Å². The predicted molar refractivity (Wildman–Crippen MR) is 222 cm³/mol. The molecule has 1 saturated carbocycles. The first-order valence-corrected chi connectivity index (χ1v) is 17.1. The maximum atomic E-state index is 9.87. The van der Waals surface area contributed by atoms with Gasteiger partial charge in [0.15, 0.2) is 17.5 Å². The molecule has 2 aliphatic rings. The molecule has 3 nitrogen and oxygen atoms in total. The summed E-state index contributed by atoms with van der Waals surface area (Å²) in [7, 11) is 0. The highest BCUT2D eigenvalue weighted by Gasteiger charge is 2.43. The molecule has 1 spiro atoms. The number of hydrogen-bond donors (Lipinski definition) is 0. The van der Waals surface area contributed by atoms with Gasteiger partial charge in [-0.05, 0) is 92.6 Å². The van der Waals surface area contributed by atoms with Crippen molar-refractivity contribution in [2.75, 3.05) is 0 Å². The molecule has 10 rings (SSSR count). The van der Waals surface area contributed by atoms with Crippen molar-refractivity contribution in [2.45, 2.75) is 37.3 Å². The fraction of sp³-hybridized carbons (Fsp3) is 0.118. The van der Waals surface area contributed by atoms with Gasteiger partial charge in [0.25, 0.3) is 0 Å². The number of aromatic nitrogens is 3. The smallest absolute Gasteiger partial charge is 0.164 e. The zero-order valence-corrected chi connectivity index (χ0v) is 28.2. The monoisotopic (exact) mass is 714 g/mol. The number of nitrogens with zero attached hydrogens (tertiary/aromatic N) is 3. The minimum Gasteiger partial charge on any atom is -0.208 e. The quantitative estimate of drug-likeness (QED) is 0.172. The van der Waals surface area contributed by atoms with E-state index in [1.54, 1.807) is 30.3 Å². The highest BCUT2D eigenvalue weighted by molar-refractivity contribution is 5.85. The third-order valence-electron chi connectivity index (χ3n) is 9.30. The Hall–Kier alpha value is -6.45. The van der Waals surface area contributed by atoms with Gasteiger partial charge in [0, 0.05) is 35.8 Å². The SMILES string of the molecule is [2H]c1c([2H])c(-c2cccc(-c3cccc(-c4nc(-c5ccccc5)nc(-c5ccccc5)n4)c3)c2)c([2H])c(-c2c([2H])c([2H])c3c(c2[2H])C2(c4c([2H])c([2H])c([2H])c([2H])c4-3)C([2H])([2H])C([2H])([2H])C([2H])([2H])C([2H])([2H])C2([2H])[2H])c1[2H]. The predicted octanol–water partition coefficient (Wildman–Crippen LogP) is 13.1. The van der Waals surface area contributed by atoms with Crippen molar-refractivity contribution in [1.82, 2.24) is 15.0 Å². The highest BCUT2D eigenvalue weighted by Crippen LogP contribution is 2.56. The standard InChI is InChI=1S/C51H39N3/c1-4-15-35(16-5-1)48-52-49(36-17-6-2-7-18-36)54-50(53-48)43-24-14-23-41(33-43)39-21-12-19-37(31-39)38-20-13-22-40(32-38)42-27-28-45-44-25-8-9-26-46(44)51(47(45)34-42)29-10-3-11-30-51/h1-2,4-9,12-28,31-34H,3,10-11,29-30H2/i3D2,8D,9D,10D2,11D2,13D,20D,22D,25D,26D,27D,28D,29D2,30D2,32D,34D. The van der Waals surface area contributed by atoms with Crippen molar-refractivity contribution in [3.8, 4) is 78.7 Å². The lowest BCUT2D eigenvalue weighted by Crippen LogP contribution is -2.28. The molecule has 0 N–H and O–H groups in total. The highest BCUT2D eigenvalue weighted by atomic mass is 15.0. The van der Waals surface area contributed by atoms with E-state index in [0.29, 0.717) is 34.2 Å². The van der Waals surface area contributed by atoms with Gasteiger partial charge in [0.2, 0.25) is 0 Å². The molecule has 0 bridgehead atoms. The van der Waals surface area contributed by atoms with Crippen LogP contribution in [0.4, 0.5) is 0 Å². The lowest BCUT2D eigenvalue weighted by atomic mass is 9.67. The molecule has 0 aliphatic heterocycles. The molecule has 7 aromatic carbocycles. The Morgan fingerprint density at radius 1 is 0.407 bits per heavy atom. The van der Waals surface area contributed by atoms with Gasteiger partial charge >= 0.3 is 0 Å². The van der Waals surface area contributed by atoms with Gasteiger partial charge in [-0.3, -0.25) is 0 Å². The summed E-state index contributed by atoms with van der Waals surface area (Å²) in [5.74, 6) is 1.20. The maximum absolute atomic E-state index is 9.87. The molecule has 3 heteroatoms. The van der Waals surface area contributed by atoms with Gasteiger partial charge in [0.05, 0.1) is 15.1 Å². The summed E-state index contributed by atoms with van der Waals surface area (Å²) >= 11 is 0. The second kappa shape index (κ2) is 13.5. The first-order chi connectivity index (χ1) is 35.1. The van der Waals surface area contributed by atoms with Crippen LogP contribution in [0.3, 0.4) is 0 Å². The van der Waals surface area contributed by atoms with Gasteiger partial charge in [-0.25, -0.2) is 15.0 Å². The van der Waals surface area contributed by atoms with Crippen molar-refractivity contribution in [1.29, 1.82) is 0 Å². The lowest BCUT2D eigenvalue weighted by molar-refractivity contribution is 0.353. The van der Waals surface area contributed by atoms with E-state index < -0.39 is 137 Å². The average molecular weight is 715 g/mol. The van der Waals surface area contributed by atoms with Crippen LogP contribution in [0, 0.1) is 0 Å². The van der Waals surface area contributed by atoms with E-state index in [1.165, 1.54) is 6.07 Å². The van der Waals surface area contributed by atoms with Crippen LogP contribution in [0.5, 0.6) is 0 Å². The second-order valence-electron chi connectivity index (χ2n) is 12.6. The number of hydrogen-bond acceptors (Lipinski definition) is 3. The molecule has 1 fully saturated rings. The average Bonchev–Trinajstić information content (AvgIpc) is 4.02. The lowest BCUT2D eigenvalue weighted by Gasteiger charge is -2.36. The van der Waals surface area contributed by atoms with Crippen LogP contribution in [0.15, 0.2) is 176 Å². The van der Waals surface area contributed by atoms with Crippen molar-refractivity contribution in [2.24, 2.45) is 0 Å². The van der Waals surface area contributed by atoms with Gasteiger partial charge in [0.1, 0.15) is 0 Å². The Kier molecular flexibility index (Phi) is 4.29. The van der Waals surface area contributed by atoms with E-state index in [4.69, 9.17) is 31.4 Å².